The van der Waals surface area contributed by atoms with Gasteiger partial charge in [-0.2, -0.15) is 0 Å². The Balaban J connectivity index is 1.50. The average molecular weight is 457 g/mol. The molecule has 1 aliphatic rings. The first-order valence-electron chi connectivity index (χ1n) is 11.7. The van der Waals surface area contributed by atoms with Crippen LogP contribution in [0, 0.1) is 0 Å². The molecule has 0 atom stereocenters. The van der Waals surface area contributed by atoms with E-state index in [1.165, 1.54) is 5.56 Å². The molecule has 1 aliphatic heterocycles. The third-order valence-corrected chi connectivity index (χ3v) is 6.65. The van der Waals surface area contributed by atoms with Gasteiger partial charge in [0.25, 0.3) is 5.91 Å². The molecule has 0 aliphatic carbocycles. The summed E-state index contributed by atoms with van der Waals surface area (Å²) in [5, 5.41) is 2.85. The van der Waals surface area contributed by atoms with Gasteiger partial charge in [-0.25, -0.2) is 4.98 Å². The number of carbonyl (C=O) groups excluding carboxylic acids is 1. The van der Waals surface area contributed by atoms with E-state index in [1.54, 1.807) is 6.07 Å². The molecule has 1 saturated heterocycles. The van der Waals surface area contributed by atoms with E-state index in [1.807, 2.05) is 82.3 Å². The Kier molecular flexibility index (Phi) is 6.52. The van der Waals surface area contributed by atoms with Gasteiger partial charge < -0.3 is 20.4 Å². The smallest absolute Gasteiger partial charge is 0.399 e. The first kappa shape index (κ1) is 24.0. The van der Waals surface area contributed by atoms with Gasteiger partial charge in [-0.05, 0) is 69.4 Å². The maximum Gasteiger partial charge on any atom is 0.494 e. The van der Waals surface area contributed by atoms with Gasteiger partial charge in [0.2, 0.25) is 0 Å². The van der Waals surface area contributed by atoms with Crippen LogP contribution in [0.5, 0.6) is 0 Å². The fourth-order valence-corrected chi connectivity index (χ4v) is 3.81. The number of amides is 1. The van der Waals surface area contributed by atoms with Crippen LogP contribution in [-0.2, 0) is 15.7 Å². The number of nitrogen functional groups attached to an aromatic ring is 1. The van der Waals surface area contributed by atoms with Crippen molar-refractivity contribution >= 4 is 30.0 Å². The van der Waals surface area contributed by atoms with E-state index >= 15 is 0 Å². The number of hydrogen-bond acceptors (Lipinski definition) is 5. The highest BCUT2D eigenvalue weighted by Gasteiger charge is 2.51. The number of aromatic nitrogens is 1. The fourth-order valence-electron chi connectivity index (χ4n) is 3.81. The average Bonchev–Trinajstić information content (AvgIpc) is 3.03. The fraction of sp³-hybridized carbons (Fsp3) is 0.333. The quantitative estimate of drug-likeness (QED) is 0.518. The Morgan fingerprint density at radius 1 is 0.941 bits per heavy atom. The maximum absolute atomic E-state index is 12.7. The van der Waals surface area contributed by atoms with Gasteiger partial charge in [0.15, 0.2) is 5.82 Å². The van der Waals surface area contributed by atoms with E-state index in [2.05, 4.69) is 17.2 Å². The molecule has 0 unspecified atom stereocenters. The lowest BCUT2D eigenvalue weighted by Crippen LogP contribution is -2.41. The summed E-state index contributed by atoms with van der Waals surface area (Å²) < 4.78 is 12.3. The first-order valence-corrected chi connectivity index (χ1v) is 11.7. The van der Waals surface area contributed by atoms with Crippen LogP contribution in [0.4, 0.5) is 11.5 Å². The summed E-state index contributed by atoms with van der Waals surface area (Å²) in [4.78, 5) is 17.4. The second-order valence-corrected chi connectivity index (χ2v) is 9.75. The van der Waals surface area contributed by atoms with Crippen molar-refractivity contribution in [3.05, 3.63) is 71.8 Å². The molecule has 2 aromatic carbocycles. The number of pyridine rings is 1. The van der Waals surface area contributed by atoms with Crippen LogP contribution in [0.2, 0.25) is 0 Å². The Morgan fingerprint density at radius 2 is 1.56 bits per heavy atom. The lowest BCUT2D eigenvalue weighted by Gasteiger charge is -2.32. The topological polar surface area (TPSA) is 86.5 Å². The summed E-state index contributed by atoms with van der Waals surface area (Å²) >= 11 is 0. The monoisotopic (exact) mass is 457 g/mol. The van der Waals surface area contributed by atoms with Crippen molar-refractivity contribution in [2.75, 3.05) is 11.1 Å². The summed E-state index contributed by atoms with van der Waals surface area (Å²) in [5.74, 6) is 0.102. The van der Waals surface area contributed by atoms with Crippen LogP contribution >= 0.6 is 0 Å². The molecule has 0 bridgehead atoms. The SMILES string of the molecule is CCCc1ccc(C(=O)Nc2nc(-c3ccc(B4OC(C)(C)C(C)(C)O4)cc3)ccc2N)cc1. The van der Waals surface area contributed by atoms with Crippen LogP contribution < -0.4 is 16.5 Å². The molecule has 1 aromatic heterocycles. The Labute approximate surface area is 202 Å². The van der Waals surface area contributed by atoms with E-state index in [9.17, 15) is 4.79 Å². The highest BCUT2D eigenvalue weighted by Crippen LogP contribution is 2.36. The molecule has 34 heavy (non-hydrogen) atoms. The van der Waals surface area contributed by atoms with Gasteiger partial charge in [-0.3, -0.25) is 4.79 Å². The van der Waals surface area contributed by atoms with E-state index < -0.39 is 18.3 Å². The van der Waals surface area contributed by atoms with Gasteiger partial charge in [0, 0.05) is 11.1 Å². The highest BCUT2D eigenvalue weighted by atomic mass is 16.7. The van der Waals surface area contributed by atoms with Gasteiger partial charge in [0.05, 0.1) is 22.6 Å². The van der Waals surface area contributed by atoms with E-state index in [0.717, 1.165) is 23.9 Å². The number of nitrogens with one attached hydrogen (secondary N) is 1. The van der Waals surface area contributed by atoms with Gasteiger partial charge in [-0.1, -0.05) is 49.7 Å². The van der Waals surface area contributed by atoms with E-state index in [4.69, 9.17) is 15.0 Å². The Morgan fingerprint density at radius 3 is 2.15 bits per heavy atom. The minimum Gasteiger partial charge on any atom is -0.399 e. The predicted molar refractivity (Wildman–Crippen MR) is 138 cm³/mol. The lowest BCUT2D eigenvalue weighted by molar-refractivity contribution is 0.00578. The summed E-state index contributed by atoms with van der Waals surface area (Å²) in [6.45, 7) is 10.3. The molecule has 4 rings (SSSR count). The molecule has 1 fully saturated rings. The molecule has 0 spiro atoms. The number of rotatable bonds is 6. The summed E-state index contributed by atoms with van der Waals surface area (Å²) in [5.41, 5.74) is 10.1. The zero-order valence-corrected chi connectivity index (χ0v) is 20.5. The Bertz CT molecular complexity index is 1160. The minimum absolute atomic E-state index is 0.240. The molecule has 0 saturated carbocycles. The normalized spacial score (nSPS) is 16.4. The molecule has 6 nitrogen and oxygen atoms in total. The maximum atomic E-state index is 12.7. The second kappa shape index (κ2) is 9.24. The molecular formula is C27H32BN3O3. The molecule has 176 valence electrons. The number of carbonyl (C=O) groups is 1. The van der Waals surface area contributed by atoms with Crippen LogP contribution in [0.3, 0.4) is 0 Å². The molecule has 0 radical (unpaired) electrons. The molecule has 2 heterocycles. The summed E-state index contributed by atoms with van der Waals surface area (Å²) in [7, 11) is -0.419. The molecule has 3 N–H and O–H groups in total. The Hall–Kier alpha value is -3.16. The number of aryl methyl sites for hydroxylation is 1. The van der Waals surface area contributed by atoms with Crippen molar-refractivity contribution in [1.29, 1.82) is 0 Å². The van der Waals surface area contributed by atoms with Crippen LogP contribution in [0.25, 0.3) is 11.3 Å². The minimum atomic E-state index is -0.419. The number of benzene rings is 2. The van der Waals surface area contributed by atoms with Crippen molar-refractivity contribution in [1.82, 2.24) is 4.98 Å². The van der Waals surface area contributed by atoms with Gasteiger partial charge in [0.1, 0.15) is 0 Å². The zero-order valence-electron chi connectivity index (χ0n) is 20.5. The van der Waals surface area contributed by atoms with Crippen molar-refractivity contribution in [3.8, 4) is 11.3 Å². The van der Waals surface area contributed by atoms with Gasteiger partial charge >= 0.3 is 7.12 Å². The highest BCUT2D eigenvalue weighted by molar-refractivity contribution is 6.62. The van der Waals surface area contributed by atoms with E-state index in [0.29, 0.717) is 22.8 Å². The summed E-state index contributed by atoms with van der Waals surface area (Å²) in [6.07, 6.45) is 2.06. The number of hydrogen-bond donors (Lipinski definition) is 2. The van der Waals surface area contributed by atoms with Crippen LogP contribution in [0.15, 0.2) is 60.7 Å². The molecule has 3 aromatic rings. The number of nitrogens with zero attached hydrogens (tertiary/aromatic N) is 1. The largest absolute Gasteiger partial charge is 0.494 e. The third-order valence-electron chi connectivity index (χ3n) is 6.65. The standard InChI is InChI=1S/C27H32BN3O3/c1-6-7-18-8-10-20(11-9-18)25(32)31-24-22(29)16-17-23(30-24)19-12-14-21(15-13-19)28-33-26(2,3)27(4,5)34-28/h8-17H,6-7,29H2,1-5H3,(H,30,31,32). The molecule has 7 heteroatoms. The third kappa shape index (κ3) is 4.86. The van der Waals surface area contributed by atoms with Crippen molar-refractivity contribution in [3.63, 3.8) is 0 Å². The lowest BCUT2D eigenvalue weighted by atomic mass is 9.79. The van der Waals surface area contributed by atoms with E-state index in [-0.39, 0.29) is 5.91 Å². The van der Waals surface area contributed by atoms with Crippen LogP contribution in [-0.4, -0.2) is 29.2 Å². The zero-order chi connectivity index (χ0) is 24.5. The summed E-state index contributed by atoms with van der Waals surface area (Å²) in [6, 6.07) is 19.1. The number of nitrogens with two attached hydrogens (primary N) is 1. The molecular weight excluding hydrogens is 425 g/mol. The van der Waals surface area contributed by atoms with Gasteiger partial charge in [-0.15, -0.1) is 0 Å². The molecule has 1 amide bonds. The van der Waals surface area contributed by atoms with Crippen molar-refractivity contribution in [2.45, 2.75) is 58.7 Å². The van der Waals surface area contributed by atoms with Crippen molar-refractivity contribution < 1.29 is 14.1 Å². The van der Waals surface area contributed by atoms with Crippen molar-refractivity contribution in [2.24, 2.45) is 0 Å². The second-order valence-electron chi connectivity index (χ2n) is 9.75. The first-order chi connectivity index (χ1) is 16.1. The van der Waals surface area contributed by atoms with Crippen LogP contribution in [0.1, 0.15) is 57.0 Å². The predicted octanol–water partition coefficient (Wildman–Crippen LogP) is 4.83. The number of anilines is 2.